The highest BCUT2D eigenvalue weighted by molar-refractivity contribution is 4.97. The van der Waals surface area contributed by atoms with E-state index in [1.54, 1.807) is 0 Å². The minimum absolute atomic E-state index is 0.736. The lowest BCUT2D eigenvalue weighted by Crippen LogP contribution is -2.60. The molecule has 2 fully saturated rings. The molecular formula is C12H24N2. The van der Waals surface area contributed by atoms with Gasteiger partial charge < -0.3 is 9.80 Å². The molecule has 82 valence electrons. The first-order valence-corrected chi connectivity index (χ1v) is 6.23. The van der Waals surface area contributed by atoms with Crippen molar-refractivity contribution in [1.82, 2.24) is 9.80 Å². The number of hydrogen-bond acceptors (Lipinski definition) is 2. The number of nitrogens with zero attached hydrogens (tertiary/aromatic N) is 2. The Kier molecular flexibility index (Phi) is 3.13. The molecule has 2 heterocycles. The van der Waals surface area contributed by atoms with Crippen molar-refractivity contribution in [1.29, 1.82) is 0 Å². The lowest BCUT2D eigenvalue weighted by Gasteiger charge is -2.54. The smallest absolute Gasteiger partial charge is 0.00513 e. The average Bonchev–Trinajstić information content (AvgIpc) is 2.16. The van der Waals surface area contributed by atoms with E-state index in [-0.39, 0.29) is 0 Å². The van der Waals surface area contributed by atoms with Crippen LogP contribution in [0.3, 0.4) is 0 Å². The van der Waals surface area contributed by atoms with Gasteiger partial charge in [0.2, 0.25) is 0 Å². The Hall–Kier alpha value is -0.0800. The maximum Gasteiger partial charge on any atom is 0.00513 e. The molecule has 2 nitrogen and oxygen atoms in total. The van der Waals surface area contributed by atoms with Crippen LogP contribution in [0.4, 0.5) is 0 Å². The molecule has 0 aromatic heterocycles. The Bertz CT molecular complexity index is 175. The standard InChI is InChI=1S/C12H24N2/c1-3-7-14-8-5-12(6-9-14)10-13(4-2)11-12/h3-11H2,1-2H3. The fourth-order valence-electron chi connectivity index (χ4n) is 3.01. The normalized spacial score (nSPS) is 27.9. The molecular weight excluding hydrogens is 172 g/mol. The van der Waals surface area contributed by atoms with Crippen molar-refractivity contribution in [3.05, 3.63) is 0 Å². The highest BCUT2D eigenvalue weighted by Gasteiger charge is 2.43. The van der Waals surface area contributed by atoms with Crippen LogP contribution in [0.2, 0.25) is 0 Å². The zero-order valence-electron chi connectivity index (χ0n) is 9.76. The summed E-state index contributed by atoms with van der Waals surface area (Å²) in [6.45, 7) is 12.6. The van der Waals surface area contributed by atoms with Gasteiger partial charge in [0.1, 0.15) is 0 Å². The number of likely N-dealkylation sites (tertiary alicyclic amines) is 2. The number of piperidine rings is 1. The highest BCUT2D eigenvalue weighted by Crippen LogP contribution is 2.39. The van der Waals surface area contributed by atoms with Gasteiger partial charge >= 0.3 is 0 Å². The molecule has 1 spiro atoms. The molecule has 2 aliphatic heterocycles. The van der Waals surface area contributed by atoms with Crippen molar-refractivity contribution in [2.24, 2.45) is 5.41 Å². The van der Waals surface area contributed by atoms with Gasteiger partial charge in [-0.05, 0) is 50.9 Å². The van der Waals surface area contributed by atoms with Crippen molar-refractivity contribution in [2.75, 3.05) is 39.3 Å². The molecule has 0 saturated carbocycles. The van der Waals surface area contributed by atoms with Crippen LogP contribution < -0.4 is 0 Å². The minimum atomic E-state index is 0.736. The molecule has 2 saturated heterocycles. The predicted octanol–water partition coefficient (Wildman–Crippen LogP) is 1.81. The molecule has 0 unspecified atom stereocenters. The minimum Gasteiger partial charge on any atom is -0.303 e. The molecule has 14 heavy (non-hydrogen) atoms. The van der Waals surface area contributed by atoms with Crippen molar-refractivity contribution >= 4 is 0 Å². The Balaban J connectivity index is 1.74. The highest BCUT2D eigenvalue weighted by atomic mass is 15.2. The third-order valence-corrected chi connectivity index (χ3v) is 4.02. The van der Waals surface area contributed by atoms with Gasteiger partial charge in [0.15, 0.2) is 0 Å². The number of rotatable bonds is 3. The van der Waals surface area contributed by atoms with Gasteiger partial charge in [-0.25, -0.2) is 0 Å². The van der Waals surface area contributed by atoms with Crippen LogP contribution in [0.15, 0.2) is 0 Å². The first-order chi connectivity index (χ1) is 6.78. The van der Waals surface area contributed by atoms with Crippen LogP contribution >= 0.6 is 0 Å². The van der Waals surface area contributed by atoms with Crippen molar-refractivity contribution < 1.29 is 0 Å². The molecule has 0 radical (unpaired) electrons. The molecule has 0 atom stereocenters. The van der Waals surface area contributed by atoms with Crippen LogP contribution in [0.5, 0.6) is 0 Å². The lowest BCUT2D eigenvalue weighted by atomic mass is 9.72. The zero-order chi connectivity index (χ0) is 10.0. The maximum atomic E-state index is 2.64. The molecule has 0 N–H and O–H groups in total. The Morgan fingerprint density at radius 1 is 1.00 bits per heavy atom. The summed E-state index contributed by atoms with van der Waals surface area (Å²) in [5.41, 5.74) is 0.736. The van der Waals surface area contributed by atoms with E-state index in [0.717, 1.165) is 5.41 Å². The fourth-order valence-corrected chi connectivity index (χ4v) is 3.01. The van der Waals surface area contributed by atoms with E-state index in [0.29, 0.717) is 0 Å². The largest absolute Gasteiger partial charge is 0.303 e. The summed E-state index contributed by atoms with van der Waals surface area (Å²) in [6, 6.07) is 0. The topological polar surface area (TPSA) is 6.48 Å². The van der Waals surface area contributed by atoms with E-state index >= 15 is 0 Å². The fraction of sp³-hybridized carbons (Fsp3) is 1.00. The molecule has 2 heteroatoms. The van der Waals surface area contributed by atoms with Gasteiger partial charge in [-0.3, -0.25) is 0 Å². The van der Waals surface area contributed by atoms with E-state index in [1.807, 2.05) is 0 Å². The monoisotopic (exact) mass is 196 g/mol. The lowest BCUT2D eigenvalue weighted by molar-refractivity contribution is -0.0432. The summed E-state index contributed by atoms with van der Waals surface area (Å²) in [4.78, 5) is 5.22. The third kappa shape index (κ3) is 1.96. The molecule has 0 aliphatic carbocycles. The van der Waals surface area contributed by atoms with Crippen LogP contribution in [-0.2, 0) is 0 Å². The quantitative estimate of drug-likeness (QED) is 0.679. The first kappa shape index (κ1) is 10.4. The van der Waals surface area contributed by atoms with Crippen molar-refractivity contribution in [2.45, 2.75) is 33.1 Å². The summed E-state index contributed by atoms with van der Waals surface area (Å²) in [5.74, 6) is 0. The van der Waals surface area contributed by atoms with E-state index in [9.17, 15) is 0 Å². The molecule has 2 rings (SSSR count). The van der Waals surface area contributed by atoms with Gasteiger partial charge in [-0.1, -0.05) is 13.8 Å². The van der Waals surface area contributed by atoms with Crippen LogP contribution in [0.25, 0.3) is 0 Å². The first-order valence-electron chi connectivity index (χ1n) is 6.23. The van der Waals surface area contributed by atoms with E-state index in [4.69, 9.17) is 0 Å². The summed E-state index contributed by atoms with van der Waals surface area (Å²) in [5, 5.41) is 0. The van der Waals surface area contributed by atoms with E-state index in [2.05, 4.69) is 23.6 Å². The summed E-state index contributed by atoms with van der Waals surface area (Å²) < 4.78 is 0. The van der Waals surface area contributed by atoms with Gasteiger partial charge in [-0.2, -0.15) is 0 Å². The SMILES string of the molecule is CCCN1CCC2(CC1)CN(CC)C2. The van der Waals surface area contributed by atoms with Crippen LogP contribution in [0.1, 0.15) is 33.1 Å². The second kappa shape index (κ2) is 4.19. The summed E-state index contributed by atoms with van der Waals surface area (Å²) in [7, 11) is 0. The zero-order valence-corrected chi connectivity index (χ0v) is 9.76. The van der Waals surface area contributed by atoms with Crippen molar-refractivity contribution in [3.8, 4) is 0 Å². The Morgan fingerprint density at radius 3 is 2.14 bits per heavy atom. The molecule has 0 amide bonds. The van der Waals surface area contributed by atoms with Gasteiger partial charge in [-0.15, -0.1) is 0 Å². The predicted molar refractivity (Wildman–Crippen MR) is 60.5 cm³/mol. The van der Waals surface area contributed by atoms with Crippen LogP contribution in [-0.4, -0.2) is 49.1 Å². The molecule has 0 aromatic rings. The number of hydrogen-bond donors (Lipinski definition) is 0. The molecule has 0 aromatic carbocycles. The summed E-state index contributed by atoms with van der Waals surface area (Å²) >= 11 is 0. The summed E-state index contributed by atoms with van der Waals surface area (Å²) in [6.07, 6.45) is 4.21. The van der Waals surface area contributed by atoms with Crippen molar-refractivity contribution in [3.63, 3.8) is 0 Å². The maximum absolute atomic E-state index is 2.64. The Morgan fingerprint density at radius 2 is 1.64 bits per heavy atom. The second-order valence-electron chi connectivity index (χ2n) is 5.14. The molecule has 2 aliphatic rings. The second-order valence-corrected chi connectivity index (χ2v) is 5.14. The molecule has 0 bridgehead atoms. The van der Waals surface area contributed by atoms with Crippen LogP contribution in [0, 0.1) is 5.41 Å². The van der Waals surface area contributed by atoms with E-state index < -0.39 is 0 Å². The van der Waals surface area contributed by atoms with E-state index in [1.165, 1.54) is 58.5 Å². The van der Waals surface area contributed by atoms with Gasteiger partial charge in [0, 0.05) is 13.1 Å². The third-order valence-electron chi connectivity index (χ3n) is 4.02. The van der Waals surface area contributed by atoms with Gasteiger partial charge in [0.05, 0.1) is 0 Å². The average molecular weight is 196 g/mol. The Labute approximate surface area is 88.3 Å². The van der Waals surface area contributed by atoms with Gasteiger partial charge in [0.25, 0.3) is 0 Å².